The Hall–Kier alpha value is -2.62. The number of rotatable bonds is 8. The van der Waals surface area contributed by atoms with Crippen LogP contribution in [0.5, 0.6) is 0 Å². The largest absolute Gasteiger partial charge is 0.355 e. The number of aryl methyl sites for hydroxylation is 3. The summed E-state index contributed by atoms with van der Waals surface area (Å²) >= 11 is 0. The molecule has 4 heteroatoms. The Bertz CT molecular complexity index is 768. The van der Waals surface area contributed by atoms with Gasteiger partial charge in [0.1, 0.15) is 6.04 Å². The fourth-order valence-corrected chi connectivity index (χ4v) is 3.03. The highest BCUT2D eigenvalue weighted by molar-refractivity contribution is 5.87. The first-order valence-corrected chi connectivity index (χ1v) is 9.59. The van der Waals surface area contributed by atoms with Gasteiger partial charge >= 0.3 is 0 Å². The molecule has 0 bridgehead atoms. The lowest BCUT2D eigenvalue weighted by molar-refractivity contribution is -0.140. The molecule has 0 spiro atoms. The third kappa shape index (κ3) is 5.95. The van der Waals surface area contributed by atoms with Gasteiger partial charge in [-0.1, -0.05) is 54.1 Å². The molecule has 0 aliphatic carbocycles. The van der Waals surface area contributed by atoms with Crippen molar-refractivity contribution in [2.45, 2.75) is 53.1 Å². The van der Waals surface area contributed by atoms with Crippen LogP contribution in [0.15, 0.2) is 48.5 Å². The Balaban J connectivity index is 2.14. The van der Waals surface area contributed by atoms with Crippen molar-refractivity contribution in [1.82, 2.24) is 10.2 Å². The fraction of sp³-hybridized carbons (Fsp3) is 0.391. The molecule has 1 atom stereocenters. The molecule has 2 amide bonds. The van der Waals surface area contributed by atoms with Crippen molar-refractivity contribution >= 4 is 11.8 Å². The van der Waals surface area contributed by atoms with Crippen LogP contribution in [0.25, 0.3) is 0 Å². The van der Waals surface area contributed by atoms with E-state index in [1.165, 1.54) is 5.56 Å². The summed E-state index contributed by atoms with van der Waals surface area (Å²) < 4.78 is 0. The Morgan fingerprint density at radius 1 is 1.04 bits per heavy atom. The van der Waals surface area contributed by atoms with E-state index in [0.29, 0.717) is 25.9 Å². The molecule has 2 aromatic carbocycles. The first-order chi connectivity index (χ1) is 12.9. The van der Waals surface area contributed by atoms with Gasteiger partial charge in [0, 0.05) is 19.5 Å². The van der Waals surface area contributed by atoms with Crippen LogP contribution >= 0.6 is 0 Å². The van der Waals surface area contributed by atoms with Crippen molar-refractivity contribution in [2.24, 2.45) is 0 Å². The molecule has 2 aromatic rings. The van der Waals surface area contributed by atoms with Crippen LogP contribution in [0.1, 0.15) is 42.5 Å². The predicted octanol–water partition coefficient (Wildman–Crippen LogP) is 3.79. The van der Waals surface area contributed by atoms with Crippen molar-refractivity contribution < 1.29 is 9.59 Å². The number of likely N-dealkylation sites (N-methyl/N-ethyl adjacent to an activating group) is 1. The quantitative estimate of drug-likeness (QED) is 0.773. The molecule has 4 nitrogen and oxygen atoms in total. The smallest absolute Gasteiger partial charge is 0.242 e. The standard InChI is InChI=1S/C23H30N2O2/c1-5-24-23(27)19(4)25(16-21-9-7-6-8-18(21)3)22(26)15-14-20-12-10-17(2)11-13-20/h6-13,19H,5,14-16H2,1-4H3,(H,24,27)/t19-/m0/s1. The van der Waals surface area contributed by atoms with Crippen LogP contribution in [0.3, 0.4) is 0 Å². The molecular weight excluding hydrogens is 336 g/mol. The molecule has 1 N–H and O–H groups in total. The SMILES string of the molecule is CCNC(=O)[C@H](C)N(Cc1ccccc1C)C(=O)CCc1ccc(C)cc1. The third-order valence-electron chi connectivity index (χ3n) is 4.87. The number of nitrogens with zero attached hydrogens (tertiary/aromatic N) is 1. The highest BCUT2D eigenvalue weighted by Crippen LogP contribution is 2.16. The van der Waals surface area contributed by atoms with Crippen LogP contribution in [0.2, 0.25) is 0 Å². The number of hydrogen-bond acceptors (Lipinski definition) is 2. The molecule has 2 rings (SSSR count). The summed E-state index contributed by atoms with van der Waals surface area (Å²) in [6.45, 7) is 8.76. The van der Waals surface area contributed by atoms with E-state index in [1.807, 2.05) is 45.0 Å². The Morgan fingerprint density at radius 3 is 2.33 bits per heavy atom. The number of carbonyl (C=O) groups is 2. The zero-order valence-corrected chi connectivity index (χ0v) is 16.8. The molecule has 0 unspecified atom stereocenters. The summed E-state index contributed by atoms with van der Waals surface area (Å²) in [4.78, 5) is 27.1. The van der Waals surface area contributed by atoms with Crippen molar-refractivity contribution in [2.75, 3.05) is 6.54 Å². The fourth-order valence-electron chi connectivity index (χ4n) is 3.03. The second-order valence-electron chi connectivity index (χ2n) is 7.00. The molecule has 0 aromatic heterocycles. The van der Waals surface area contributed by atoms with Crippen molar-refractivity contribution in [3.05, 3.63) is 70.8 Å². The molecule has 144 valence electrons. The number of benzene rings is 2. The average Bonchev–Trinajstić information content (AvgIpc) is 2.66. The van der Waals surface area contributed by atoms with Gasteiger partial charge in [-0.2, -0.15) is 0 Å². The van der Waals surface area contributed by atoms with Gasteiger partial charge in [-0.3, -0.25) is 9.59 Å². The lowest BCUT2D eigenvalue weighted by atomic mass is 10.0. The van der Waals surface area contributed by atoms with Crippen molar-refractivity contribution in [1.29, 1.82) is 0 Å². The Labute approximate surface area is 162 Å². The van der Waals surface area contributed by atoms with Crippen LogP contribution in [-0.2, 0) is 22.6 Å². The van der Waals surface area contributed by atoms with Gasteiger partial charge in [-0.05, 0) is 50.8 Å². The molecule has 0 heterocycles. The number of carbonyl (C=O) groups excluding carboxylic acids is 2. The normalized spacial score (nSPS) is 11.7. The number of hydrogen-bond donors (Lipinski definition) is 1. The molecule has 0 saturated heterocycles. The third-order valence-corrected chi connectivity index (χ3v) is 4.87. The topological polar surface area (TPSA) is 49.4 Å². The van der Waals surface area contributed by atoms with Gasteiger partial charge in [-0.25, -0.2) is 0 Å². The van der Waals surface area contributed by atoms with Gasteiger partial charge in [-0.15, -0.1) is 0 Å². The van der Waals surface area contributed by atoms with Crippen LogP contribution in [0, 0.1) is 13.8 Å². The monoisotopic (exact) mass is 366 g/mol. The summed E-state index contributed by atoms with van der Waals surface area (Å²) in [5.41, 5.74) is 4.53. The summed E-state index contributed by atoms with van der Waals surface area (Å²) in [5, 5.41) is 2.83. The average molecular weight is 367 g/mol. The van der Waals surface area contributed by atoms with E-state index in [1.54, 1.807) is 11.8 Å². The van der Waals surface area contributed by atoms with E-state index in [4.69, 9.17) is 0 Å². The van der Waals surface area contributed by atoms with Gasteiger partial charge in [0.05, 0.1) is 0 Å². The lowest BCUT2D eigenvalue weighted by Gasteiger charge is -2.29. The molecule has 0 aliphatic rings. The highest BCUT2D eigenvalue weighted by atomic mass is 16.2. The molecule has 0 fully saturated rings. The maximum atomic E-state index is 13.0. The van der Waals surface area contributed by atoms with Gasteiger partial charge in [0.15, 0.2) is 0 Å². The minimum atomic E-state index is -0.505. The molecule has 0 saturated carbocycles. The first-order valence-electron chi connectivity index (χ1n) is 9.59. The maximum absolute atomic E-state index is 13.0. The van der Waals surface area contributed by atoms with Gasteiger partial charge in [0.25, 0.3) is 0 Å². The summed E-state index contributed by atoms with van der Waals surface area (Å²) in [5.74, 6) is -0.118. The van der Waals surface area contributed by atoms with E-state index in [-0.39, 0.29) is 11.8 Å². The van der Waals surface area contributed by atoms with Crippen LogP contribution < -0.4 is 5.32 Å². The highest BCUT2D eigenvalue weighted by Gasteiger charge is 2.25. The summed E-state index contributed by atoms with van der Waals surface area (Å²) in [6.07, 6.45) is 1.06. The predicted molar refractivity (Wildman–Crippen MR) is 109 cm³/mol. The Morgan fingerprint density at radius 2 is 1.70 bits per heavy atom. The first kappa shape index (κ1) is 20.7. The number of amides is 2. The molecular formula is C23H30N2O2. The van der Waals surface area contributed by atoms with Gasteiger partial charge < -0.3 is 10.2 Å². The Kier molecular flexibility index (Phi) is 7.59. The molecule has 0 radical (unpaired) electrons. The zero-order valence-electron chi connectivity index (χ0n) is 16.8. The van der Waals surface area contributed by atoms with Crippen LogP contribution in [-0.4, -0.2) is 29.3 Å². The van der Waals surface area contributed by atoms with Gasteiger partial charge in [0.2, 0.25) is 11.8 Å². The van der Waals surface area contributed by atoms with E-state index in [2.05, 4.69) is 29.6 Å². The van der Waals surface area contributed by atoms with E-state index >= 15 is 0 Å². The molecule has 27 heavy (non-hydrogen) atoms. The summed E-state index contributed by atoms with van der Waals surface area (Å²) in [6, 6.07) is 15.7. The lowest BCUT2D eigenvalue weighted by Crippen LogP contribution is -2.47. The van der Waals surface area contributed by atoms with E-state index in [9.17, 15) is 9.59 Å². The maximum Gasteiger partial charge on any atom is 0.242 e. The second-order valence-corrected chi connectivity index (χ2v) is 7.00. The summed E-state index contributed by atoms with van der Waals surface area (Å²) in [7, 11) is 0. The zero-order chi connectivity index (χ0) is 19.8. The van der Waals surface area contributed by atoms with E-state index in [0.717, 1.165) is 16.7 Å². The van der Waals surface area contributed by atoms with Crippen molar-refractivity contribution in [3.63, 3.8) is 0 Å². The second kappa shape index (κ2) is 9.91. The molecule has 0 aliphatic heterocycles. The minimum absolute atomic E-state index is 0.00224. The van der Waals surface area contributed by atoms with E-state index < -0.39 is 6.04 Å². The van der Waals surface area contributed by atoms with Crippen molar-refractivity contribution in [3.8, 4) is 0 Å². The minimum Gasteiger partial charge on any atom is -0.355 e. The number of nitrogens with one attached hydrogen (secondary N) is 1. The van der Waals surface area contributed by atoms with Crippen LogP contribution in [0.4, 0.5) is 0 Å².